The first kappa shape index (κ1) is 15.2. The molecule has 2 unspecified atom stereocenters. The molecule has 92 valence electrons. The van der Waals surface area contributed by atoms with Gasteiger partial charge >= 0.3 is 0 Å². The van der Waals surface area contributed by atoms with Gasteiger partial charge in [0.2, 0.25) is 0 Å². The topological polar surface area (TPSA) is 52.5 Å². The fraction of sp³-hybridized carbons (Fsp3) is 1.00. The molecule has 4 heteroatoms. The van der Waals surface area contributed by atoms with Crippen molar-refractivity contribution in [3.8, 4) is 0 Å². The van der Waals surface area contributed by atoms with Crippen LogP contribution in [0.15, 0.2) is 0 Å². The average molecular weight is 235 g/mol. The Hall–Kier alpha value is 0.230. The Morgan fingerprint density at radius 3 is 2.53 bits per heavy atom. The van der Waals surface area contributed by atoms with Gasteiger partial charge in [-0.25, -0.2) is 0 Å². The first-order chi connectivity index (χ1) is 7.24. The van der Waals surface area contributed by atoms with E-state index in [1.54, 1.807) is 0 Å². The lowest BCUT2D eigenvalue weighted by Gasteiger charge is -2.17. The standard InChI is InChI=1S/C11H25NO2S/c1-3-5-12-11(4-6-13)9-15-8-10(2)7-14/h10-14H,3-9H2,1-2H3. The molecule has 0 aliphatic rings. The summed E-state index contributed by atoms with van der Waals surface area (Å²) < 4.78 is 0. The number of aliphatic hydroxyl groups is 2. The Balaban J connectivity index is 3.55. The molecule has 0 saturated heterocycles. The summed E-state index contributed by atoms with van der Waals surface area (Å²) >= 11 is 1.85. The SMILES string of the molecule is CCCNC(CCO)CSCC(C)CO. The van der Waals surface area contributed by atoms with Crippen molar-refractivity contribution in [2.24, 2.45) is 5.92 Å². The average Bonchev–Trinajstić information content (AvgIpc) is 2.25. The van der Waals surface area contributed by atoms with E-state index in [0.29, 0.717) is 12.0 Å². The van der Waals surface area contributed by atoms with Crippen molar-refractivity contribution >= 4 is 11.8 Å². The minimum absolute atomic E-state index is 0.248. The summed E-state index contributed by atoms with van der Waals surface area (Å²) in [6.07, 6.45) is 1.94. The first-order valence-corrected chi connectivity index (χ1v) is 6.92. The molecule has 2 atom stereocenters. The highest BCUT2D eigenvalue weighted by atomic mass is 32.2. The van der Waals surface area contributed by atoms with E-state index in [1.807, 2.05) is 18.7 Å². The van der Waals surface area contributed by atoms with Crippen LogP contribution < -0.4 is 5.32 Å². The molecule has 3 nitrogen and oxygen atoms in total. The Bertz CT molecular complexity index is 136. The molecule has 0 aliphatic carbocycles. The molecule has 0 spiro atoms. The zero-order chi connectivity index (χ0) is 11.5. The second-order valence-corrected chi connectivity index (χ2v) is 5.06. The molecule has 0 fully saturated rings. The molecule has 0 rings (SSSR count). The summed E-state index contributed by atoms with van der Waals surface area (Å²) in [5, 5.41) is 21.2. The molecule has 0 aromatic heterocycles. The third-order valence-corrected chi connectivity index (χ3v) is 3.64. The molecule has 0 bridgehead atoms. The van der Waals surface area contributed by atoms with Crippen LogP contribution in [-0.4, -0.2) is 47.5 Å². The first-order valence-electron chi connectivity index (χ1n) is 5.77. The maximum absolute atomic E-state index is 8.90. The zero-order valence-electron chi connectivity index (χ0n) is 9.91. The van der Waals surface area contributed by atoms with E-state index in [9.17, 15) is 0 Å². The van der Waals surface area contributed by atoms with E-state index in [2.05, 4.69) is 12.2 Å². The second kappa shape index (κ2) is 10.7. The van der Waals surface area contributed by atoms with E-state index in [4.69, 9.17) is 10.2 Å². The van der Waals surface area contributed by atoms with Crippen molar-refractivity contribution < 1.29 is 10.2 Å². The van der Waals surface area contributed by atoms with E-state index in [1.165, 1.54) is 0 Å². The molecule has 0 heterocycles. The van der Waals surface area contributed by atoms with Gasteiger partial charge in [-0.05, 0) is 31.1 Å². The predicted molar refractivity (Wildman–Crippen MR) is 67.4 cm³/mol. The van der Waals surface area contributed by atoms with Crippen LogP contribution in [0, 0.1) is 5.92 Å². The van der Waals surface area contributed by atoms with Gasteiger partial charge in [0.15, 0.2) is 0 Å². The minimum atomic E-state index is 0.248. The van der Waals surface area contributed by atoms with E-state index >= 15 is 0 Å². The smallest absolute Gasteiger partial charge is 0.0464 e. The van der Waals surface area contributed by atoms with Crippen molar-refractivity contribution in [1.82, 2.24) is 5.32 Å². The van der Waals surface area contributed by atoms with Gasteiger partial charge in [0.1, 0.15) is 0 Å². The van der Waals surface area contributed by atoms with Crippen molar-refractivity contribution in [3.05, 3.63) is 0 Å². The summed E-state index contributed by atoms with van der Waals surface area (Å²) in [4.78, 5) is 0. The highest BCUT2D eigenvalue weighted by Crippen LogP contribution is 2.10. The monoisotopic (exact) mass is 235 g/mol. The Morgan fingerprint density at radius 2 is 2.00 bits per heavy atom. The van der Waals surface area contributed by atoms with Gasteiger partial charge in [-0.2, -0.15) is 11.8 Å². The van der Waals surface area contributed by atoms with Gasteiger partial charge in [-0.3, -0.25) is 0 Å². The van der Waals surface area contributed by atoms with Crippen molar-refractivity contribution in [2.45, 2.75) is 32.7 Å². The summed E-state index contributed by atoms with van der Waals surface area (Å²) in [5.41, 5.74) is 0. The van der Waals surface area contributed by atoms with Gasteiger partial charge in [-0.15, -0.1) is 0 Å². The quantitative estimate of drug-likeness (QED) is 0.531. The zero-order valence-corrected chi connectivity index (χ0v) is 10.7. The van der Waals surface area contributed by atoms with E-state index in [-0.39, 0.29) is 13.2 Å². The van der Waals surface area contributed by atoms with Crippen LogP contribution in [0.3, 0.4) is 0 Å². The number of rotatable bonds is 10. The minimum Gasteiger partial charge on any atom is -0.396 e. The third kappa shape index (κ3) is 9.18. The molecule has 0 saturated carbocycles. The third-order valence-electron chi connectivity index (χ3n) is 2.19. The summed E-state index contributed by atoms with van der Waals surface area (Å²) in [5.74, 6) is 2.38. The Morgan fingerprint density at radius 1 is 1.27 bits per heavy atom. The fourth-order valence-electron chi connectivity index (χ4n) is 1.21. The van der Waals surface area contributed by atoms with Crippen molar-refractivity contribution in [1.29, 1.82) is 0 Å². The number of thioether (sulfide) groups is 1. The Labute approximate surface area is 97.7 Å². The lowest BCUT2D eigenvalue weighted by atomic mass is 10.2. The largest absolute Gasteiger partial charge is 0.396 e. The van der Waals surface area contributed by atoms with Crippen LogP contribution in [0.1, 0.15) is 26.7 Å². The van der Waals surface area contributed by atoms with Crippen molar-refractivity contribution in [3.63, 3.8) is 0 Å². The number of hydrogen-bond acceptors (Lipinski definition) is 4. The predicted octanol–water partition coefficient (Wildman–Crippen LogP) is 1.10. The van der Waals surface area contributed by atoms with Crippen LogP contribution in [0.5, 0.6) is 0 Å². The normalized spacial score (nSPS) is 15.2. The number of aliphatic hydroxyl groups excluding tert-OH is 2. The van der Waals surface area contributed by atoms with Gasteiger partial charge in [0, 0.05) is 25.0 Å². The van der Waals surface area contributed by atoms with E-state index < -0.39 is 0 Å². The van der Waals surface area contributed by atoms with Crippen LogP contribution in [0.4, 0.5) is 0 Å². The molecule has 0 radical (unpaired) electrons. The lowest BCUT2D eigenvalue weighted by Crippen LogP contribution is -2.33. The Kier molecular flexibility index (Phi) is 10.9. The number of nitrogens with one attached hydrogen (secondary N) is 1. The van der Waals surface area contributed by atoms with Gasteiger partial charge < -0.3 is 15.5 Å². The van der Waals surface area contributed by atoms with Crippen LogP contribution in [0.2, 0.25) is 0 Å². The molecule has 0 amide bonds. The van der Waals surface area contributed by atoms with Gasteiger partial charge in [-0.1, -0.05) is 13.8 Å². The molecule has 3 N–H and O–H groups in total. The van der Waals surface area contributed by atoms with Crippen molar-refractivity contribution in [2.75, 3.05) is 31.3 Å². The molecule has 15 heavy (non-hydrogen) atoms. The molecule has 0 aliphatic heterocycles. The highest BCUT2D eigenvalue weighted by molar-refractivity contribution is 7.99. The van der Waals surface area contributed by atoms with Crippen LogP contribution in [0.25, 0.3) is 0 Å². The maximum Gasteiger partial charge on any atom is 0.0464 e. The molecule has 0 aromatic rings. The van der Waals surface area contributed by atoms with Crippen LogP contribution >= 0.6 is 11.8 Å². The molecule has 0 aromatic carbocycles. The molecular formula is C11H25NO2S. The summed E-state index contributed by atoms with van der Waals surface area (Å²) in [6.45, 7) is 5.72. The fourth-order valence-corrected chi connectivity index (χ4v) is 2.43. The maximum atomic E-state index is 8.90. The molecular weight excluding hydrogens is 210 g/mol. The lowest BCUT2D eigenvalue weighted by molar-refractivity contribution is 0.250. The summed E-state index contributed by atoms with van der Waals surface area (Å²) in [7, 11) is 0. The summed E-state index contributed by atoms with van der Waals surface area (Å²) in [6, 6.07) is 0.408. The highest BCUT2D eigenvalue weighted by Gasteiger charge is 2.08. The van der Waals surface area contributed by atoms with Crippen LogP contribution in [-0.2, 0) is 0 Å². The van der Waals surface area contributed by atoms with Gasteiger partial charge in [0.25, 0.3) is 0 Å². The number of hydrogen-bond donors (Lipinski definition) is 3. The second-order valence-electron chi connectivity index (χ2n) is 3.99. The van der Waals surface area contributed by atoms with E-state index in [0.717, 1.165) is 30.9 Å². The van der Waals surface area contributed by atoms with Gasteiger partial charge in [0.05, 0.1) is 0 Å².